The lowest BCUT2D eigenvalue weighted by atomic mass is 10.1. The van der Waals surface area contributed by atoms with Crippen molar-refractivity contribution in [2.75, 3.05) is 16.2 Å². The van der Waals surface area contributed by atoms with Crippen LogP contribution in [-0.2, 0) is 14.8 Å². The third-order valence-electron chi connectivity index (χ3n) is 4.56. The molecular weight excluding hydrogens is 480 g/mol. The van der Waals surface area contributed by atoms with Crippen LogP contribution in [0.15, 0.2) is 82.2 Å². The molecule has 0 saturated carbocycles. The lowest BCUT2D eigenvalue weighted by molar-refractivity contribution is -0.114. The Morgan fingerprint density at radius 3 is 2.23 bits per heavy atom. The normalized spacial score (nSPS) is 11.1. The molecule has 1 amide bonds. The van der Waals surface area contributed by atoms with Gasteiger partial charge in [-0.3, -0.25) is 13.9 Å². The second-order valence-electron chi connectivity index (χ2n) is 6.99. The first-order valence-electron chi connectivity index (χ1n) is 9.42. The average molecular weight is 501 g/mol. The second kappa shape index (κ2) is 9.45. The van der Waals surface area contributed by atoms with Crippen molar-refractivity contribution >= 4 is 49.0 Å². The van der Waals surface area contributed by atoms with Crippen molar-refractivity contribution in [3.8, 4) is 0 Å². The standard InChI is InChI=1S/C23H21BrN2O4S/c1-16-6-12-22(13-7-16)31(29,30)26(21-10-8-19(24)9-11-21)15-23(28)25-20-5-3-4-18(14-20)17(2)27/h3-14H,15H2,1-2H3,(H,25,28). The van der Waals surface area contributed by atoms with Crippen molar-refractivity contribution in [1.82, 2.24) is 0 Å². The van der Waals surface area contributed by atoms with Gasteiger partial charge in [-0.15, -0.1) is 0 Å². The molecular formula is C23H21BrN2O4S. The Bertz CT molecular complexity index is 1210. The van der Waals surface area contributed by atoms with Crippen LogP contribution in [0.2, 0.25) is 0 Å². The summed E-state index contributed by atoms with van der Waals surface area (Å²) in [5.41, 5.74) is 2.16. The molecule has 3 rings (SSSR count). The molecule has 0 fully saturated rings. The summed E-state index contributed by atoms with van der Waals surface area (Å²) in [5.74, 6) is -0.658. The molecule has 0 spiro atoms. The molecule has 8 heteroatoms. The topological polar surface area (TPSA) is 83.6 Å². The average Bonchev–Trinajstić information content (AvgIpc) is 2.73. The highest BCUT2D eigenvalue weighted by atomic mass is 79.9. The maximum Gasteiger partial charge on any atom is 0.264 e. The van der Waals surface area contributed by atoms with Crippen molar-refractivity contribution in [1.29, 1.82) is 0 Å². The minimum atomic E-state index is -3.99. The number of Topliss-reactive ketones (excluding diaryl/α,β-unsaturated/α-hetero) is 1. The van der Waals surface area contributed by atoms with Crippen LogP contribution in [0.5, 0.6) is 0 Å². The molecule has 1 N–H and O–H groups in total. The van der Waals surface area contributed by atoms with Crippen molar-refractivity contribution in [2.24, 2.45) is 0 Å². The van der Waals surface area contributed by atoms with Gasteiger partial charge in [0, 0.05) is 15.7 Å². The summed E-state index contributed by atoms with van der Waals surface area (Å²) >= 11 is 3.34. The SMILES string of the molecule is CC(=O)c1cccc(NC(=O)CN(c2ccc(Br)cc2)S(=O)(=O)c2ccc(C)cc2)c1. The highest BCUT2D eigenvalue weighted by Gasteiger charge is 2.27. The van der Waals surface area contributed by atoms with Crippen molar-refractivity contribution in [3.05, 3.63) is 88.4 Å². The van der Waals surface area contributed by atoms with Gasteiger partial charge in [0.25, 0.3) is 10.0 Å². The van der Waals surface area contributed by atoms with E-state index in [0.29, 0.717) is 16.9 Å². The molecule has 160 valence electrons. The number of hydrogen-bond acceptors (Lipinski definition) is 4. The number of amides is 1. The number of hydrogen-bond donors (Lipinski definition) is 1. The van der Waals surface area contributed by atoms with Gasteiger partial charge in [0.15, 0.2) is 5.78 Å². The predicted molar refractivity (Wildman–Crippen MR) is 125 cm³/mol. The van der Waals surface area contributed by atoms with Crippen LogP contribution in [0.4, 0.5) is 11.4 Å². The van der Waals surface area contributed by atoms with Crippen molar-refractivity contribution in [3.63, 3.8) is 0 Å². The van der Waals surface area contributed by atoms with Crippen LogP contribution in [0, 0.1) is 6.92 Å². The largest absolute Gasteiger partial charge is 0.324 e. The summed E-state index contributed by atoms with van der Waals surface area (Å²) in [5, 5.41) is 2.67. The van der Waals surface area contributed by atoms with Gasteiger partial charge in [-0.25, -0.2) is 8.42 Å². The Hall–Kier alpha value is -2.97. The fourth-order valence-corrected chi connectivity index (χ4v) is 4.59. The van der Waals surface area contributed by atoms with Crippen LogP contribution in [0.1, 0.15) is 22.8 Å². The van der Waals surface area contributed by atoms with Crippen LogP contribution in [-0.4, -0.2) is 26.7 Å². The van der Waals surface area contributed by atoms with Crippen LogP contribution in [0.3, 0.4) is 0 Å². The highest BCUT2D eigenvalue weighted by Crippen LogP contribution is 2.26. The van der Waals surface area contributed by atoms with Gasteiger partial charge in [-0.2, -0.15) is 0 Å². The summed E-state index contributed by atoms with van der Waals surface area (Å²) in [6.45, 7) is 2.87. The summed E-state index contributed by atoms with van der Waals surface area (Å²) in [6.07, 6.45) is 0. The molecule has 0 aromatic heterocycles. The predicted octanol–water partition coefficient (Wildman–Crippen LogP) is 4.79. The first kappa shape index (κ1) is 22.7. The Labute approximate surface area is 190 Å². The zero-order chi connectivity index (χ0) is 22.6. The maximum absolute atomic E-state index is 13.3. The minimum absolute atomic E-state index is 0.0902. The number of carbonyl (C=O) groups excluding carboxylic acids is 2. The van der Waals surface area contributed by atoms with Gasteiger partial charge in [0.1, 0.15) is 6.54 Å². The van der Waals surface area contributed by atoms with E-state index in [1.165, 1.54) is 19.1 Å². The fraction of sp³-hybridized carbons (Fsp3) is 0.130. The molecule has 6 nitrogen and oxygen atoms in total. The number of sulfonamides is 1. The number of ketones is 1. The number of nitrogens with zero attached hydrogens (tertiary/aromatic N) is 1. The maximum atomic E-state index is 13.3. The van der Waals surface area contributed by atoms with Crippen molar-refractivity contribution in [2.45, 2.75) is 18.7 Å². The minimum Gasteiger partial charge on any atom is -0.324 e. The molecule has 0 saturated heterocycles. The number of nitrogens with one attached hydrogen (secondary N) is 1. The quantitative estimate of drug-likeness (QED) is 0.472. The summed E-state index contributed by atoms with van der Waals surface area (Å²) < 4.78 is 28.6. The number of rotatable bonds is 7. The van der Waals surface area contributed by atoms with Gasteiger partial charge in [0.2, 0.25) is 5.91 Å². The summed E-state index contributed by atoms with van der Waals surface area (Å²) in [7, 11) is -3.99. The molecule has 31 heavy (non-hydrogen) atoms. The Morgan fingerprint density at radius 1 is 0.968 bits per heavy atom. The Morgan fingerprint density at radius 2 is 1.61 bits per heavy atom. The van der Waals surface area contributed by atoms with Gasteiger partial charge >= 0.3 is 0 Å². The van der Waals surface area contributed by atoms with E-state index >= 15 is 0 Å². The summed E-state index contributed by atoms with van der Waals surface area (Å²) in [6, 6.07) is 19.6. The highest BCUT2D eigenvalue weighted by molar-refractivity contribution is 9.10. The lowest BCUT2D eigenvalue weighted by Gasteiger charge is -2.24. The van der Waals surface area contributed by atoms with E-state index in [-0.39, 0.29) is 10.7 Å². The van der Waals surface area contributed by atoms with Gasteiger partial charge in [0.05, 0.1) is 10.6 Å². The number of benzene rings is 3. The molecule has 0 aliphatic rings. The van der Waals surface area contributed by atoms with Gasteiger partial charge < -0.3 is 5.32 Å². The van der Waals surface area contributed by atoms with E-state index < -0.39 is 22.5 Å². The van der Waals surface area contributed by atoms with Crippen LogP contribution < -0.4 is 9.62 Å². The molecule has 0 unspecified atom stereocenters. The van der Waals surface area contributed by atoms with Crippen molar-refractivity contribution < 1.29 is 18.0 Å². The van der Waals surface area contributed by atoms with Crippen LogP contribution >= 0.6 is 15.9 Å². The number of carbonyl (C=O) groups is 2. The van der Waals surface area contributed by atoms with E-state index in [4.69, 9.17) is 0 Å². The first-order valence-corrected chi connectivity index (χ1v) is 11.7. The number of anilines is 2. The molecule has 0 aliphatic carbocycles. The molecule has 3 aromatic carbocycles. The first-order chi connectivity index (χ1) is 14.7. The van der Waals surface area contributed by atoms with E-state index in [9.17, 15) is 18.0 Å². The Balaban J connectivity index is 1.92. The smallest absolute Gasteiger partial charge is 0.264 e. The summed E-state index contributed by atoms with van der Waals surface area (Å²) in [4.78, 5) is 24.4. The van der Waals surface area contributed by atoms with E-state index in [1.807, 2.05) is 6.92 Å². The molecule has 0 bridgehead atoms. The monoisotopic (exact) mass is 500 g/mol. The third kappa shape index (κ3) is 5.59. The molecule has 0 atom stereocenters. The van der Waals surface area contributed by atoms with E-state index in [0.717, 1.165) is 14.3 Å². The zero-order valence-corrected chi connectivity index (χ0v) is 19.4. The zero-order valence-electron chi connectivity index (χ0n) is 17.0. The third-order valence-corrected chi connectivity index (χ3v) is 6.88. The van der Waals surface area contributed by atoms with Gasteiger partial charge in [-0.1, -0.05) is 45.8 Å². The Kier molecular flexibility index (Phi) is 6.92. The van der Waals surface area contributed by atoms with E-state index in [1.54, 1.807) is 60.7 Å². The number of aryl methyl sites for hydroxylation is 1. The molecule has 0 heterocycles. The number of halogens is 1. The van der Waals surface area contributed by atoms with Crippen LogP contribution in [0.25, 0.3) is 0 Å². The second-order valence-corrected chi connectivity index (χ2v) is 9.76. The van der Waals surface area contributed by atoms with E-state index in [2.05, 4.69) is 21.2 Å². The molecule has 0 aliphatic heterocycles. The lowest BCUT2D eigenvalue weighted by Crippen LogP contribution is -2.38. The van der Waals surface area contributed by atoms with Gasteiger partial charge in [-0.05, 0) is 62.4 Å². The fourth-order valence-electron chi connectivity index (χ4n) is 2.91. The molecule has 3 aromatic rings. The molecule has 0 radical (unpaired) electrons.